The second-order valence-corrected chi connectivity index (χ2v) is 4.17. The van der Waals surface area contributed by atoms with Crippen LogP contribution in [0.5, 0.6) is 0 Å². The Morgan fingerprint density at radius 3 is 2.36 bits per heavy atom. The van der Waals surface area contributed by atoms with Gasteiger partial charge in [-0.3, -0.25) is 4.90 Å². The van der Waals surface area contributed by atoms with E-state index in [1.165, 1.54) is 0 Å². The van der Waals surface area contributed by atoms with Gasteiger partial charge in [0.25, 0.3) is 6.43 Å². The molecular formula is C11H21F2N. The third-order valence-corrected chi connectivity index (χ3v) is 3.21. The lowest BCUT2D eigenvalue weighted by Crippen LogP contribution is -2.39. The topological polar surface area (TPSA) is 3.24 Å². The highest BCUT2D eigenvalue weighted by Crippen LogP contribution is 2.29. The highest BCUT2D eigenvalue weighted by atomic mass is 19.3. The van der Waals surface area contributed by atoms with Crippen LogP contribution >= 0.6 is 0 Å². The monoisotopic (exact) mass is 205 g/mol. The third kappa shape index (κ3) is 2.91. The third-order valence-electron chi connectivity index (χ3n) is 3.21. The minimum Gasteiger partial charge on any atom is -0.292 e. The van der Waals surface area contributed by atoms with Crippen molar-refractivity contribution in [2.24, 2.45) is 0 Å². The van der Waals surface area contributed by atoms with Crippen LogP contribution in [0.2, 0.25) is 0 Å². The molecule has 1 nitrogen and oxygen atoms in total. The summed E-state index contributed by atoms with van der Waals surface area (Å²) in [5.74, 6) is 0. The Morgan fingerprint density at radius 2 is 1.86 bits per heavy atom. The van der Waals surface area contributed by atoms with Crippen LogP contribution < -0.4 is 0 Å². The molecule has 2 atom stereocenters. The maximum absolute atomic E-state index is 12.4. The Morgan fingerprint density at radius 1 is 1.21 bits per heavy atom. The van der Waals surface area contributed by atoms with Gasteiger partial charge in [0.1, 0.15) is 0 Å². The maximum atomic E-state index is 12.4. The number of hydrogen-bond acceptors (Lipinski definition) is 1. The van der Waals surface area contributed by atoms with Gasteiger partial charge in [-0.05, 0) is 25.7 Å². The lowest BCUT2D eigenvalue weighted by Gasteiger charge is -2.29. The average molecular weight is 205 g/mol. The van der Waals surface area contributed by atoms with Gasteiger partial charge in [-0.25, -0.2) is 8.78 Å². The molecule has 0 saturated carbocycles. The molecule has 0 aliphatic carbocycles. The lowest BCUT2D eigenvalue weighted by molar-refractivity contribution is 0.0592. The molecule has 0 aromatic rings. The molecule has 0 unspecified atom stereocenters. The molecule has 3 heteroatoms. The van der Waals surface area contributed by atoms with Crippen LogP contribution in [0.4, 0.5) is 8.78 Å². The Labute approximate surface area is 85.5 Å². The molecule has 1 saturated heterocycles. The van der Waals surface area contributed by atoms with Gasteiger partial charge in [-0.15, -0.1) is 0 Å². The van der Waals surface area contributed by atoms with Crippen LogP contribution in [0.3, 0.4) is 0 Å². The van der Waals surface area contributed by atoms with Crippen LogP contribution in [-0.2, 0) is 0 Å². The Kier molecular flexibility index (Phi) is 4.79. The van der Waals surface area contributed by atoms with Crippen molar-refractivity contribution in [3.8, 4) is 0 Å². The van der Waals surface area contributed by atoms with Gasteiger partial charge >= 0.3 is 0 Å². The minimum atomic E-state index is -2.18. The standard InChI is InChI=1S/C11H21F2N/c1-3-5-10-7-6-9(4-2)14(10)8-11(12)13/h9-11H,3-8H2,1-2H3/t9-,10+/m1/s1. The molecule has 0 aromatic heterocycles. The molecule has 0 bridgehead atoms. The summed E-state index contributed by atoms with van der Waals surface area (Å²) in [4.78, 5) is 2.04. The van der Waals surface area contributed by atoms with Gasteiger partial charge in [0.2, 0.25) is 0 Å². The first-order chi connectivity index (χ1) is 6.69. The number of halogens is 2. The van der Waals surface area contributed by atoms with Crippen molar-refractivity contribution in [3.05, 3.63) is 0 Å². The van der Waals surface area contributed by atoms with Crippen LogP contribution in [-0.4, -0.2) is 30.0 Å². The highest BCUT2D eigenvalue weighted by Gasteiger charge is 2.32. The molecule has 14 heavy (non-hydrogen) atoms. The van der Waals surface area contributed by atoms with Crippen molar-refractivity contribution in [2.45, 2.75) is 64.5 Å². The van der Waals surface area contributed by atoms with E-state index < -0.39 is 6.43 Å². The number of hydrogen-bond donors (Lipinski definition) is 0. The lowest BCUT2D eigenvalue weighted by atomic mass is 10.1. The van der Waals surface area contributed by atoms with Crippen molar-refractivity contribution >= 4 is 0 Å². The van der Waals surface area contributed by atoms with Crippen LogP contribution in [0.15, 0.2) is 0 Å². The van der Waals surface area contributed by atoms with Crippen molar-refractivity contribution in [2.75, 3.05) is 6.54 Å². The molecule has 84 valence electrons. The molecule has 1 aliphatic heterocycles. The number of alkyl halides is 2. The largest absolute Gasteiger partial charge is 0.292 e. The second-order valence-electron chi connectivity index (χ2n) is 4.17. The van der Waals surface area contributed by atoms with Gasteiger partial charge in [0, 0.05) is 12.1 Å². The predicted molar refractivity (Wildman–Crippen MR) is 54.7 cm³/mol. The minimum absolute atomic E-state index is 0.0246. The Balaban J connectivity index is 2.51. The molecule has 0 amide bonds. The summed E-state index contributed by atoms with van der Waals surface area (Å²) in [7, 11) is 0. The fourth-order valence-electron chi connectivity index (χ4n) is 2.55. The van der Waals surface area contributed by atoms with E-state index >= 15 is 0 Å². The van der Waals surface area contributed by atoms with Crippen molar-refractivity contribution < 1.29 is 8.78 Å². The molecule has 1 heterocycles. The van der Waals surface area contributed by atoms with E-state index in [1.54, 1.807) is 0 Å². The zero-order chi connectivity index (χ0) is 10.6. The molecule has 1 rings (SSSR count). The van der Waals surface area contributed by atoms with Crippen molar-refractivity contribution in [3.63, 3.8) is 0 Å². The first kappa shape index (κ1) is 11.9. The zero-order valence-corrected chi connectivity index (χ0v) is 9.18. The molecule has 0 radical (unpaired) electrons. The number of rotatable bonds is 5. The molecular weight excluding hydrogens is 184 g/mol. The van der Waals surface area contributed by atoms with Gasteiger partial charge < -0.3 is 0 Å². The molecule has 0 spiro atoms. The van der Waals surface area contributed by atoms with E-state index in [2.05, 4.69) is 13.8 Å². The van der Waals surface area contributed by atoms with Gasteiger partial charge in [0.05, 0.1) is 6.54 Å². The zero-order valence-electron chi connectivity index (χ0n) is 9.18. The molecule has 1 aliphatic rings. The second kappa shape index (κ2) is 5.64. The molecule has 0 N–H and O–H groups in total. The Bertz CT molecular complexity index is 161. The summed E-state index contributed by atoms with van der Waals surface area (Å²) >= 11 is 0. The fourth-order valence-corrected chi connectivity index (χ4v) is 2.55. The van der Waals surface area contributed by atoms with Gasteiger partial charge in [0.15, 0.2) is 0 Å². The highest BCUT2D eigenvalue weighted by molar-refractivity contribution is 4.86. The normalized spacial score (nSPS) is 28.9. The summed E-state index contributed by atoms with van der Waals surface area (Å²) < 4.78 is 24.7. The molecule has 0 aromatic carbocycles. The van der Waals surface area contributed by atoms with Crippen LogP contribution in [0.1, 0.15) is 46.0 Å². The summed E-state index contributed by atoms with van der Waals surface area (Å²) in [6.45, 7) is 4.19. The first-order valence-electron chi connectivity index (χ1n) is 5.72. The quantitative estimate of drug-likeness (QED) is 0.665. The van der Waals surface area contributed by atoms with E-state index in [0.29, 0.717) is 12.1 Å². The fraction of sp³-hybridized carbons (Fsp3) is 1.00. The van der Waals surface area contributed by atoms with E-state index in [0.717, 1.165) is 32.1 Å². The van der Waals surface area contributed by atoms with Crippen molar-refractivity contribution in [1.82, 2.24) is 4.90 Å². The summed E-state index contributed by atoms with van der Waals surface area (Å²) in [6, 6.07) is 0.819. The SMILES string of the molecule is CCC[C@H]1CC[C@@H](CC)N1CC(F)F. The van der Waals surface area contributed by atoms with Gasteiger partial charge in [-0.1, -0.05) is 20.3 Å². The Hall–Kier alpha value is -0.180. The summed E-state index contributed by atoms with van der Waals surface area (Å²) in [5, 5.41) is 0. The van der Waals surface area contributed by atoms with E-state index in [-0.39, 0.29) is 6.54 Å². The average Bonchev–Trinajstić information content (AvgIpc) is 2.48. The smallest absolute Gasteiger partial charge is 0.251 e. The summed E-state index contributed by atoms with van der Waals surface area (Å²) in [6.07, 6.45) is 3.21. The van der Waals surface area contributed by atoms with Crippen LogP contribution in [0.25, 0.3) is 0 Å². The predicted octanol–water partition coefficient (Wildman–Crippen LogP) is 3.29. The van der Waals surface area contributed by atoms with E-state index in [1.807, 2.05) is 4.90 Å². The number of nitrogens with zero attached hydrogens (tertiary/aromatic N) is 1. The van der Waals surface area contributed by atoms with Gasteiger partial charge in [-0.2, -0.15) is 0 Å². The summed E-state index contributed by atoms with van der Waals surface area (Å²) in [5.41, 5.74) is 0. The number of likely N-dealkylation sites (tertiary alicyclic amines) is 1. The molecule has 1 fully saturated rings. The maximum Gasteiger partial charge on any atom is 0.251 e. The first-order valence-corrected chi connectivity index (χ1v) is 5.72. The van der Waals surface area contributed by atoms with Crippen molar-refractivity contribution in [1.29, 1.82) is 0 Å². The van der Waals surface area contributed by atoms with E-state index in [9.17, 15) is 8.78 Å². The van der Waals surface area contributed by atoms with Crippen LogP contribution in [0, 0.1) is 0 Å². The van der Waals surface area contributed by atoms with E-state index in [4.69, 9.17) is 0 Å².